The first-order valence-electron chi connectivity index (χ1n) is 8.26. The molecule has 0 unspecified atom stereocenters. The van der Waals surface area contributed by atoms with E-state index in [4.69, 9.17) is 14.9 Å². The van der Waals surface area contributed by atoms with Gasteiger partial charge in [-0.05, 0) is 19.3 Å². The summed E-state index contributed by atoms with van der Waals surface area (Å²) < 4.78 is 12.0. The molecule has 1 aliphatic carbocycles. The summed E-state index contributed by atoms with van der Waals surface area (Å²) in [6, 6.07) is 6.39. The highest BCUT2D eigenvalue weighted by Crippen LogP contribution is 2.66. The van der Waals surface area contributed by atoms with E-state index in [1.165, 1.54) is 0 Å². The molecule has 3 aliphatic heterocycles. The zero-order valence-electron chi connectivity index (χ0n) is 13.3. The summed E-state index contributed by atoms with van der Waals surface area (Å²) in [6.45, 7) is 2.03. The van der Waals surface area contributed by atoms with Gasteiger partial charge >= 0.3 is 0 Å². The number of rotatable bonds is 3. The molecule has 1 N–H and O–H groups in total. The van der Waals surface area contributed by atoms with E-state index in [-0.39, 0.29) is 5.90 Å². The van der Waals surface area contributed by atoms with Crippen LogP contribution in [0.25, 0.3) is 0 Å². The van der Waals surface area contributed by atoms with Crippen molar-refractivity contribution in [3.05, 3.63) is 0 Å². The molecule has 4 aliphatic rings. The fraction of sp³-hybridized carbons (Fsp3) is 0.765. The number of fused-ring (bicyclic) bond motifs is 2. The van der Waals surface area contributed by atoms with E-state index >= 15 is 0 Å². The molecule has 4 atom stereocenters. The molecule has 0 aromatic heterocycles. The molecule has 0 amide bonds. The Morgan fingerprint density at radius 3 is 2.57 bits per heavy atom. The maximum absolute atomic E-state index is 9.94. The molecule has 0 aromatic carbocycles. The molecular formula is C17H20N4O2. The van der Waals surface area contributed by atoms with Gasteiger partial charge in [-0.3, -0.25) is 5.41 Å². The Morgan fingerprint density at radius 1 is 1.22 bits per heavy atom. The number of nitrogens with zero attached hydrogens (tertiary/aromatic N) is 3. The lowest BCUT2D eigenvalue weighted by atomic mass is 9.48. The Kier molecular flexibility index (Phi) is 3.58. The Hall–Kier alpha value is -2.10. The van der Waals surface area contributed by atoms with Crippen LogP contribution < -0.4 is 0 Å². The SMILES string of the molecule is CCCC[C@H]1O[C@@]23CCCC[C@H]2C(C#N)(C#N)[C@@]1(C#N)C(=N)O3. The lowest BCUT2D eigenvalue weighted by molar-refractivity contribution is -0.358. The lowest BCUT2D eigenvalue weighted by Gasteiger charge is -2.63. The average molecular weight is 312 g/mol. The van der Waals surface area contributed by atoms with Gasteiger partial charge in [0.25, 0.3) is 0 Å². The van der Waals surface area contributed by atoms with Gasteiger partial charge in [0.1, 0.15) is 0 Å². The quantitative estimate of drug-likeness (QED) is 0.860. The Labute approximate surface area is 136 Å². The Bertz CT molecular complexity index is 641. The second kappa shape index (κ2) is 5.22. The highest BCUT2D eigenvalue weighted by molar-refractivity contribution is 5.88. The van der Waals surface area contributed by atoms with Gasteiger partial charge in [0.2, 0.25) is 11.7 Å². The van der Waals surface area contributed by atoms with Crippen LogP contribution in [0.4, 0.5) is 0 Å². The van der Waals surface area contributed by atoms with Gasteiger partial charge < -0.3 is 9.47 Å². The average Bonchev–Trinajstić information content (AvgIpc) is 2.58. The molecule has 1 spiro atoms. The van der Waals surface area contributed by atoms with Crippen molar-refractivity contribution in [2.75, 3.05) is 0 Å². The monoisotopic (exact) mass is 312 g/mol. The van der Waals surface area contributed by atoms with Crippen LogP contribution in [0.1, 0.15) is 51.9 Å². The number of hydrogen-bond donors (Lipinski definition) is 1. The first-order chi connectivity index (χ1) is 11.1. The first-order valence-corrected chi connectivity index (χ1v) is 8.26. The van der Waals surface area contributed by atoms with E-state index in [0.717, 1.165) is 25.7 Å². The van der Waals surface area contributed by atoms with Crippen LogP contribution >= 0.6 is 0 Å². The van der Waals surface area contributed by atoms with Crippen molar-refractivity contribution in [2.45, 2.75) is 63.8 Å². The van der Waals surface area contributed by atoms with Crippen LogP contribution in [0.5, 0.6) is 0 Å². The minimum absolute atomic E-state index is 0.256. The second-order valence-corrected chi connectivity index (χ2v) is 6.74. The largest absolute Gasteiger partial charge is 0.447 e. The third-order valence-corrected chi connectivity index (χ3v) is 5.75. The summed E-state index contributed by atoms with van der Waals surface area (Å²) in [5.41, 5.74) is -3.20. The highest BCUT2D eigenvalue weighted by Gasteiger charge is 2.79. The minimum atomic E-state index is -1.63. The molecule has 0 aromatic rings. The summed E-state index contributed by atoms with van der Waals surface area (Å²) in [6.07, 6.45) is 4.56. The number of ether oxygens (including phenoxy) is 2. The van der Waals surface area contributed by atoms with Gasteiger partial charge in [0.05, 0.1) is 30.2 Å². The van der Waals surface area contributed by atoms with E-state index < -0.39 is 28.6 Å². The Balaban J connectivity index is 2.21. The van der Waals surface area contributed by atoms with Gasteiger partial charge in [-0.15, -0.1) is 0 Å². The normalized spacial score (nSPS) is 40.2. The molecular weight excluding hydrogens is 292 g/mol. The maximum Gasteiger partial charge on any atom is 0.217 e. The third-order valence-electron chi connectivity index (χ3n) is 5.75. The van der Waals surface area contributed by atoms with Crippen LogP contribution in [0.3, 0.4) is 0 Å². The molecule has 2 bridgehead atoms. The van der Waals surface area contributed by atoms with Crippen LogP contribution in [-0.4, -0.2) is 17.8 Å². The number of hydrogen-bond acceptors (Lipinski definition) is 6. The van der Waals surface area contributed by atoms with Gasteiger partial charge in [-0.25, -0.2) is 0 Å². The maximum atomic E-state index is 9.94. The Morgan fingerprint density at radius 2 is 1.96 bits per heavy atom. The van der Waals surface area contributed by atoms with Crippen molar-refractivity contribution < 1.29 is 9.47 Å². The first kappa shape index (κ1) is 15.8. The smallest absolute Gasteiger partial charge is 0.217 e. The second-order valence-electron chi connectivity index (χ2n) is 6.74. The molecule has 23 heavy (non-hydrogen) atoms. The molecule has 4 fully saturated rings. The van der Waals surface area contributed by atoms with Gasteiger partial charge in [-0.1, -0.05) is 26.2 Å². The number of nitriles is 3. The zero-order valence-corrected chi connectivity index (χ0v) is 13.3. The molecule has 6 heteroatoms. The van der Waals surface area contributed by atoms with E-state index in [1.54, 1.807) is 0 Å². The standard InChI is InChI=1S/C17H20N4O2/c1-2-3-7-13-16(11-20)14(21)23-17(22-13)8-5-4-6-12(17)15(16,9-18)10-19/h12-13,21H,2-8H2,1H3/t12-,13+,16+,17+/m0/s1. The van der Waals surface area contributed by atoms with E-state index in [0.29, 0.717) is 19.3 Å². The summed E-state index contributed by atoms with van der Waals surface area (Å²) in [7, 11) is 0. The van der Waals surface area contributed by atoms with Gasteiger partial charge in [-0.2, -0.15) is 15.8 Å². The predicted octanol–water partition coefficient (Wildman–Crippen LogP) is 3.01. The van der Waals surface area contributed by atoms with Crippen LogP contribution in [0.15, 0.2) is 0 Å². The minimum Gasteiger partial charge on any atom is -0.447 e. The van der Waals surface area contributed by atoms with Crippen molar-refractivity contribution >= 4 is 5.90 Å². The topological polar surface area (TPSA) is 114 Å². The summed E-state index contributed by atoms with van der Waals surface area (Å²) in [5.74, 6) is -1.82. The van der Waals surface area contributed by atoms with Crippen LogP contribution in [-0.2, 0) is 9.47 Å². The van der Waals surface area contributed by atoms with E-state index in [9.17, 15) is 15.8 Å². The molecule has 3 saturated heterocycles. The lowest BCUT2D eigenvalue weighted by Crippen LogP contribution is -2.75. The fourth-order valence-corrected chi connectivity index (χ4v) is 4.62. The van der Waals surface area contributed by atoms with E-state index in [1.807, 2.05) is 6.92 Å². The van der Waals surface area contributed by atoms with Gasteiger partial charge in [0.15, 0.2) is 10.8 Å². The third kappa shape index (κ3) is 1.66. The predicted molar refractivity (Wildman–Crippen MR) is 79.6 cm³/mol. The molecule has 3 heterocycles. The summed E-state index contributed by atoms with van der Waals surface area (Å²) in [4.78, 5) is 0. The van der Waals surface area contributed by atoms with Gasteiger partial charge in [0, 0.05) is 6.42 Å². The van der Waals surface area contributed by atoms with Crippen LogP contribution in [0, 0.1) is 56.2 Å². The zero-order chi connectivity index (χ0) is 16.7. The van der Waals surface area contributed by atoms with Crippen molar-refractivity contribution in [3.8, 4) is 18.2 Å². The van der Waals surface area contributed by atoms with Crippen molar-refractivity contribution in [1.82, 2.24) is 0 Å². The van der Waals surface area contributed by atoms with Crippen molar-refractivity contribution in [1.29, 1.82) is 21.2 Å². The summed E-state index contributed by atoms with van der Waals surface area (Å²) in [5, 5.41) is 38.1. The molecule has 4 rings (SSSR count). The van der Waals surface area contributed by atoms with Crippen molar-refractivity contribution in [3.63, 3.8) is 0 Å². The van der Waals surface area contributed by atoms with Crippen LogP contribution in [0.2, 0.25) is 0 Å². The highest BCUT2D eigenvalue weighted by atomic mass is 16.7. The number of unbranched alkanes of at least 4 members (excludes halogenated alkanes) is 1. The molecule has 1 saturated carbocycles. The van der Waals surface area contributed by atoms with E-state index in [2.05, 4.69) is 18.2 Å². The number of nitrogens with one attached hydrogen (secondary N) is 1. The molecule has 0 radical (unpaired) electrons. The van der Waals surface area contributed by atoms with Crippen molar-refractivity contribution in [2.24, 2.45) is 16.7 Å². The fourth-order valence-electron chi connectivity index (χ4n) is 4.62. The summed E-state index contributed by atoms with van der Waals surface area (Å²) >= 11 is 0. The molecule has 120 valence electrons. The molecule has 6 nitrogen and oxygen atoms in total.